The quantitative estimate of drug-likeness (QED) is 0.851. The highest BCUT2D eigenvalue weighted by molar-refractivity contribution is 5.84. The smallest absolute Gasteiger partial charge is 0.256 e. The monoisotopic (exact) mass is 286 g/mol. The van der Waals surface area contributed by atoms with Crippen molar-refractivity contribution >= 4 is 5.91 Å². The van der Waals surface area contributed by atoms with Gasteiger partial charge in [0, 0.05) is 25.2 Å². The molecule has 4 atom stereocenters. The molecule has 0 aliphatic carbocycles. The summed E-state index contributed by atoms with van der Waals surface area (Å²) >= 11 is 0. The number of ether oxygens (including phenoxy) is 1. The zero-order valence-electron chi connectivity index (χ0n) is 12.4. The van der Waals surface area contributed by atoms with Crippen LogP contribution in [0.2, 0.25) is 0 Å². The van der Waals surface area contributed by atoms with Crippen LogP contribution in [0.1, 0.15) is 30.6 Å². The summed E-state index contributed by atoms with van der Waals surface area (Å²) in [5.41, 5.74) is 2.32. The number of rotatable bonds is 1. The summed E-state index contributed by atoms with van der Waals surface area (Å²) in [5, 5.41) is 3.42. The van der Waals surface area contributed by atoms with Crippen molar-refractivity contribution in [2.75, 3.05) is 19.7 Å². The Morgan fingerprint density at radius 1 is 1.33 bits per heavy atom. The van der Waals surface area contributed by atoms with Crippen molar-refractivity contribution in [1.82, 2.24) is 10.2 Å². The first-order valence-corrected chi connectivity index (χ1v) is 7.98. The normalized spacial score (nSPS) is 34.6. The van der Waals surface area contributed by atoms with Crippen molar-refractivity contribution in [2.45, 2.75) is 38.0 Å². The van der Waals surface area contributed by atoms with E-state index in [-0.39, 0.29) is 5.91 Å². The van der Waals surface area contributed by atoms with Gasteiger partial charge < -0.3 is 15.0 Å². The number of benzene rings is 1. The second kappa shape index (κ2) is 5.11. The molecule has 4 unspecified atom stereocenters. The number of amides is 1. The van der Waals surface area contributed by atoms with Crippen molar-refractivity contribution < 1.29 is 9.53 Å². The molecule has 112 valence electrons. The number of fused-ring (bicyclic) bond motifs is 2. The molecular formula is C17H22N2O2. The first kappa shape index (κ1) is 13.3. The van der Waals surface area contributed by atoms with Gasteiger partial charge in [0.05, 0.1) is 6.61 Å². The molecule has 4 rings (SSSR count). The second-order valence-corrected chi connectivity index (χ2v) is 6.52. The summed E-state index contributed by atoms with van der Waals surface area (Å²) in [6.45, 7) is 4.78. The average Bonchev–Trinajstić information content (AvgIpc) is 3.06. The van der Waals surface area contributed by atoms with Gasteiger partial charge in [0.25, 0.3) is 5.91 Å². The van der Waals surface area contributed by atoms with Crippen LogP contribution in [0, 0.1) is 5.92 Å². The van der Waals surface area contributed by atoms with Crippen LogP contribution in [0.4, 0.5) is 0 Å². The minimum Gasteiger partial charge on any atom is -0.363 e. The number of nitrogens with zero attached hydrogens (tertiary/aromatic N) is 1. The van der Waals surface area contributed by atoms with E-state index in [0.29, 0.717) is 24.6 Å². The van der Waals surface area contributed by atoms with E-state index >= 15 is 0 Å². The molecule has 4 heteroatoms. The Hall–Kier alpha value is -1.39. The lowest BCUT2D eigenvalue weighted by Gasteiger charge is -2.34. The van der Waals surface area contributed by atoms with Gasteiger partial charge in [-0.1, -0.05) is 24.3 Å². The van der Waals surface area contributed by atoms with Crippen LogP contribution in [0.3, 0.4) is 0 Å². The molecular weight excluding hydrogens is 264 g/mol. The third-order valence-electron chi connectivity index (χ3n) is 5.25. The number of carbonyl (C=O) groups excluding carboxylic acids is 1. The predicted octanol–water partition coefficient (Wildman–Crippen LogP) is 1.51. The largest absolute Gasteiger partial charge is 0.363 e. The summed E-state index contributed by atoms with van der Waals surface area (Å²) in [5.74, 6) is 0.772. The Morgan fingerprint density at radius 3 is 3.10 bits per heavy atom. The van der Waals surface area contributed by atoms with Crippen LogP contribution in [-0.4, -0.2) is 42.6 Å². The molecule has 1 amide bonds. The Labute approximate surface area is 125 Å². The minimum atomic E-state index is -0.406. The SMILES string of the molecule is CC1CC2CNCC2N1C(=O)C1OCCc2ccccc21. The summed E-state index contributed by atoms with van der Waals surface area (Å²) in [6, 6.07) is 8.88. The van der Waals surface area contributed by atoms with Gasteiger partial charge in [-0.15, -0.1) is 0 Å². The number of likely N-dealkylation sites (tertiary alicyclic amines) is 1. The van der Waals surface area contributed by atoms with E-state index in [1.54, 1.807) is 0 Å². The fraction of sp³-hybridized carbons (Fsp3) is 0.588. The zero-order valence-corrected chi connectivity index (χ0v) is 12.4. The van der Waals surface area contributed by atoms with Crippen LogP contribution < -0.4 is 5.32 Å². The molecule has 2 fully saturated rings. The van der Waals surface area contributed by atoms with E-state index < -0.39 is 6.10 Å². The Morgan fingerprint density at radius 2 is 2.19 bits per heavy atom. The van der Waals surface area contributed by atoms with Crippen LogP contribution >= 0.6 is 0 Å². The maximum atomic E-state index is 13.1. The molecule has 0 bridgehead atoms. The minimum absolute atomic E-state index is 0.158. The first-order chi connectivity index (χ1) is 10.3. The summed E-state index contributed by atoms with van der Waals surface area (Å²) < 4.78 is 5.86. The van der Waals surface area contributed by atoms with E-state index in [4.69, 9.17) is 4.74 Å². The van der Waals surface area contributed by atoms with Gasteiger partial charge in [-0.2, -0.15) is 0 Å². The zero-order chi connectivity index (χ0) is 14.4. The van der Waals surface area contributed by atoms with E-state index in [0.717, 1.165) is 31.5 Å². The summed E-state index contributed by atoms with van der Waals surface area (Å²) in [6.07, 6.45) is 1.61. The average molecular weight is 286 g/mol. The fourth-order valence-electron chi connectivity index (χ4n) is 4.28. The third kappa shape index (κ3) is 2.09. The highest BCUT2D eigenvalue weighted by atomic mass is 16.5. The van der Waals surface area contributed by atoms with Crippen LogP contribution in [0.25, 0.3) is 0 Å². The predicted molar refractivity (Wildman–Crippen MR) is 79.9 cm³/mol. The molecule has 3 aliphatic rings. The van der Waals surface area contributed by atoms with Gasteiger partial charge in [0.2, 0.25) is 0 Å². The molecule has 0 spiro atoms. The fourth-order valence-corrected chi connectivity index (χ4v) is 4.28. The van der Waals surface area contributed by atoms with Crippen molar-refractivity contribution in [1.29, 1.82) is 0 Å². The topological polar surface area (TPSA) is 41.6 Å². The van der Waals surface area contributed by atoms with E-state index in [2.05, 4.69) is 23.2 Å². The summed E-state index contributed by atoms with van der Waals surface area (Å²) in [7, 11) is 0. The van der Waals surface area contributed by atoms with Crippen molar-refractivity contribution in [2.24, 2.45) is 5.92 Å². The number of carbonyl (C=O) groups is 1. The molecule has 0 saturated carbocycles. The summed E-state index contributed by atoms with van der Waals surface area (Å²) in [4.78, 5) is 15.2. The Bertz CT molecular complexity index is 559. The Balaban J connectivity index is 1.63. The van der Waals surface area contributed by atoms with Crippen LogP contribution in [0.15, 0.2) is 24.3 Å². The lowest BCUT2D eigenvalue weighted by atomic mass is 9.96. The maximum absolute atomic E-state index is 13.1. The van der Waals surface area contributed by atoms with Crippen LogP contribution in [-0.2, 0) is 16.0 Å². The second-order valence-electron chi connectivity index (χ2n) is 6.52. The maximum Gasteiger partial charge on any atom is 0.256 e. The standard InChI is InChI=1S/C17H22N2O2/c1-11-8-13-9-18-10-15(13)19(11)17(20)16-14-5-3-2-4-12(14)6-7-21-16/h2-5,11,13,15-16,18H,6-10H2,1H3. The molecule has 1 aromatic rings. The van der Waals surface area contributed by atoms with Gasteiger partial charge in [0.15, 0.2) is 6.10 Å². The van der Waals surface area contributed by atoms with Gasteiger partial charge >= 0.3 is 0 Å². The van der Waals surface area contributed by atoms with Gasteiger partial charge in [-0.3, -0.25) is 4.79 Å². The Kier molecular flexibility index (Phi) is 3.23. The molecule has 1 N–H and O–H groups in total. The number of hydrogen-bond donors (Lipinski definition) is 1. The van der Waals surface area contributed by atoms with E-state index in [1.807, 2.05) is 18.2 Å². The molecule has 4 nitrogen and oxygen atoms in total. The first-order valence-electron chi connectivity index (χ1n) is 7.98. The number of hydrogen-bond acceptors (Lipinski definition) is 3. The lowest BCUT2D eigenvalue weighted by molar-refractivity contribution is -0.147. The van der Waals surface area contributed by atoms with Crippen molar-refractivity contribution in [3.8, 4) is 0 Å². The van der Waals surface area contributed by atoms with Gasteiger partial charge in [0.1, 0.15) is 0 Å². The number of nitrogens with one attached hydrogen (secondary N) is 1. The molecule has 3 aliphatic heterocycles. The highest BCUT2D eigenvalue weighted by Gasteiger charge is 2.46. The van der Waals surface area contributed by atoms with Crippen molar-refractivity contribution in [3.63, 3.8) is 0 Å². The molecule has 3 heterocycles. The molecule has 21 heavy (non-hydrogen) atoms. The molecule has 2 saturated heterocycles. The lowest BCUT2D eigenvalue weighted by Crippen LogP contribution is -2.46. The van der Waals surface area contributed by atoms with Gasteiger partial charge in [-0.05, 0) is 36.8 Å². The molecule has 0 aromatic heterocycles. The third-order valence-corrected chi connectivity index (χ3v) is 5.25. The molecule has 0 radical (unpaired) electrons. The molecule has 1 aromatic carbocycles. The van der Waals surface area contributed by atoms with Crippen molar-refractivity contribution in [3.05, 3.63) is 35.4 Å². The van der Waals surface area contributed by atoms with E-state index in [1.165, 1.54) is 5.56 Å². The van der Waals surface area contributed by atoms with Crippen LogP contribution in [0.5, 0.6) is 0 Å². The van der Waals surface area contributed by atoms with Gasteiger partial charge in [-0.25, -0.2) is 0 Å². The van der Waals surface area contributed by atoms with E-state index in [9.17, 15) is 4.79 Å². The highest BCUT2D eigenvalue weighted by Crippen LogP contribution is 2.36.